The number of carbonyl (C=O) groups is 1. The Balaban J connectivity index is 2.36. The SMILES string of the molecule is CCc1nnc(NC(C(=O)O)C2CC2)c(C#N)c1CC. The van der Waals surface area contributed by atoms with E-state index >= 15 is 0 Å². The summed E-state index contributed by atoms with van der Waals surface area (Å²) in [6.45, 7) is 3.91. The van der Waals surface area contributed by atoms with E-state index in [1.54, 1.807) is 0 Å². The molecule has 0 amide bonds. The number of rotatable bonds is 6. The summed E-state index contributed by atoms with van der Waals surface area (Å²) in [6.07, 6.45) is 3.17. The maximum Gasteiger partial charge on any atom is 0.326 e. The summed E-state index contributed by atoms with van der Waals surface area (Å²) in [5, 5.41) is 29.6. The molecular formula is C14H18N4O2. The van der Waals surface area contributed by atoms with Crippen LogP contribution in [0.5, 0.6) is 0 Å². The van der Waals surface area contributed by atoms with Gasteiger partial charge in [-0.25, -0.2) is 4.79 Å². The average Bonchev–Trinajstić information content (AvgIpc) is 3.27. The van der Waals surface area contributed by atoms with Gasteiger partial charge in [-0.3, -0.25) is 0 Å². The fraction of sp³-hybridized carbons (Fsp3) is 0.571. The van der Waals surface area contributed by atoms with Gasteiger partial charge in [0.2, 0.25) is 0 Å². The van der Waals surface area contributed by atoms with Gasteiger partial charge < -0.3 is 10.4 Å². The Morgan fingerprint density at radius 1 is 1.45 bits per heavy atom. The fourth-order valence-corrected chi connectivity index (χ4v) is 2.35. The predicted molar refractivity (Wildman–Crippen MR) is 73.3 cm³/mol. The van der Waals surface area contributed by atoms with E-state index in [0.717, 1.165) is 24.1 Å². The van der Waals surface area contributed by atoms with Crippen molar-refractivity contribution in [3.05, 3.63) is 16.8 Å². The highest BCUT2D eigenvalue weighted by Crippen LogP contribution is 2.34. The number of hydrogen-bond acceptors (Lipinski definition) is 5. The Kier molecular flexibility index (Phi) is 4.18. The molecule has 1 atom stereocenters. The number of carboxylic acid groups (broad SMARTS) is 1. The Morgan fingerprint density at radius 2 is 2.15 bits per heavy atom. The molecule has 1 fully saturated rings. The van der Waals surface area contributed by atoms with Crippen molar-refractivity contribution in [3.63, 3.8) is 0 Å². The van der Waals surface area contributed by atoms with Crippen molar-refractivity contribution in [1.82, 2.24) is 10.2 Å². The summed E-state index contributed by atoms with van der Waals surface area (Å²) >= 11 is 0. The van der Waals surface area contributed by atoms with Gasteiger partial charge in [-0.1, -0.05) is 13.8 Å². The van der Waals surface area contributed by atoms with Crippen LogP contribution in [0.1, 0.15) is 43.5 Å². The van der Waals surface area contributed by atoms with Crippen molar-refractivity contribution in [2.24, 2.45) is 5.92 Å². The van der Waals surface area contributed by atoms with Gasteiger partial charge in [-0.15, -0.1) is 5.10 Å². The molecule has 2 N–H and O–H groups in total. The summed E-state index contributed by atoms with van der Waals surface area (Å²) in [6, 6.07) is 1.45. The Labute approximate surface area is 117 Å². The lowest BCUT2D eigenvalue weighted by atomic mass is 10.0. The second-order valence-corrected chi connectivity index (χ2v) is 4.97. The highest BCUT2D eigenvalue weighted by Gasteiger charge is 2.37. The molecule has 6 heteroatoms. The van der Waals surface area contributed by atoms with Gasteiger partial charge in [0.05, 0.1) is 5.69 Å². The first-order valence-corrected chi connectivity index (χ1v) is 6.90. The number of carboxylic acids is 1. The first kappa shape index (κ1) is 14.3. The molecule has 20 heavy (non-hydrogen) atoms. The molecule has 106 valence electrons. The minimum absolute atomic E-state index is 0.122. The number of aliphatic carboxylic acids is 1. The maximum atomic E-state index is 11.3. The molecule has 1 saturated carbocycles. The first-order chi connectivity index (χ1) is 9.62. The highest BCUT2D eigenvalue weighted by molar-refractivity contribution is 5.78. The van der Waals surface area contributed by atoms with Crippen LogP contribution in [0, 0.1) is 17.2 Å². The number of hydrogen-bond donors (Lipinski definition) is 2. The molecule has 1 unspecified atom stereocenters. The molecule has 1 aromatic heterocycles. The van der Waals surface area contributed by atoms with Crippen molar-refractivity contribution >= 4 is 11.8 Å². The van der Waals surface area contributed by atoms with Gasteiger partial charge in [0, 0.05) is 0 Å². The third-order valence-electron chi connectivity index (χ3n) is 3.61. The van der Waals surface area contributed by atoms with Crippen molar-refractivity contribution < 1.29 is 9.90 Å². The zero-order chi connectivity index (χ0) is 14.7. The van der Waals surface area contributed by atoms with Crippen molar-refractivity contribution in [3.8, 4) is 6.07 Å². The fourth-order valence-electron chi connectivity index (χ4n) is 2.35. The number of nitrogens with zero attached hydrogens (tertiary/aromatic N) is 3. The van der Waals surface area contributed by atoms with Crippen LogP contribution in [-0.4, -0.2) is 27.3 Å². The quantitative estimate of drug-likeness (QED) is 0.819. The molecule has 2 rings (SSSR count). The Morgan fingerprint density at radius 3 is 2.60 bits per heavy atom. The van der Waals surface area contributed by atoms with Gasteiger partial charge >= 0.3 is 5.97 Å². The van der Waals surface area contributed by atoms with Crippen LogP contribution in [0.15, 0.2) is 0 Å². The first-order valence-electron chi connectivity index (χ1n) is 6.90. The molecule has 0 aromatic carbocycles. The van der Waals surface area contributed by atoms with Gasteiger partial charge in [-0.2, -0.15) is 10.4 Å². The number of aryl methyl sites for hydroxylation is 1. The second kappa shape index (κ2) is 5.87. The lowest BCUT2D eigenvalue weighted by Crippen LogP contribution is -2.32. The van der Waals surface area contributed by atoms with Crippen molar-refractivity contribution in [2.45, 2.75) is 45.6 Å². The maximum absolute atomic E-state index is 11.3. The van der Waals surface area contributed by atoms with Crippen LogP contribution in [0.3, 0.4) is 0 Å². The van der Waals surface area contributed by atoms with Crippen LogP contribution in [0.2, 0.25) is 0 Å². The topological polar surface area (TPSA) is 98.9 Å². The highest BCUT2D eigenvalue weighted by atomic mass is 16.4. The molecule has 1 aliphatic carbocycles. The molecule has 6 nitrogen and oxygen atoms in total. The zero-order valence-corrected chi connectivity index (χ0v) is 11.7. The summed E-state index contributed by atoms with van der Waals surface area (Å²) < 4.78 is 0. The molecule has 0 bridgehead atoms. The van der Waals surface area contributed by atoms with Crippen LogP contribution in [0.25, 0.3) is 0 Å². The predicted octanol–water partition coefficient (Wildman–Crippen LogP) is 1.75. The molecule has 0 saturated heterocycles. The molecule has 0 aliphatic heterocycles. The molecule has 0 spiro atoms. The lowest BCUT2D eigenvalue weighted by molar-refractivity contribution is -0.138. The number of anilines is 1. The van der Waals surface area contributed by atoms with E-state index in [0.29, 0.717) is 24.2 Å². The lowest BCUT2D eigenvalue weighted by Gasteiger charge is -2.16. The molecular weight excluding hydrogens is 256 g/mol. The average molecular weight is 274 g/mol. The standard InChI is InChI=1S/C14H18N4O2/c1-3-9-10(7-15)13(18-17-11(9)4-2)16-12(14(19)20)8-5-6-8/h8,12H,3-6H2,1-2H3,(H,16,18)(H,19,20). The van der Waals surface area contributed by atoms with Crippen LogP contribution in [0.4, 0.5) is 5.82 Å². The van der Waals surface area contributed by atoms with E-state index < -0.39 is 12.0 Å². The monoisotopic (exact) mass is 274 g/mol. The van der Waals surface area contributed by atoms with Crippen molar-refractivity contribution in [2.75, 3.05) is 5.32 Å². The zero-order valence-electron chi connectivity index (χ0n) is 11.7. The summed E-state index contributed by atoms with van der Waals surface area (Å²) in [5.41, 5.74) is 2.08. The normalized spacial score (nSPS) is 15.4. The third-order valence-corrected chi connectivity index (χ3v) is 3.61. The van der Waals surface area contributed by atoms with Gasteiger partial charge in [0.25, 0.3) is 0 Å². The Hall–Kier alpha value is -2.16. The summed E-state index contributed by atoms with van der Waals surface area (Å²) in [4.78, 5) is 11.3. The van der Waals surface area contributed by atoms with Crippen molar-refractivity contribution in [1.29, 1.82) is 5.26 Å². The summed E-state index contributed by atoms with van der Waals surface area (Å²) in [7, 11) is 0. The van der Waals surface area contributed by atoms with Gasteiger partial charge in [0.15, 0.2) is 5.82 Å². The molecule has 0 radical (unpaired) electrons. The Bertz CT molecular complexity index is 561. The largest absolute Gasteiger partial charge is 0.480 e. The van der Waals surface area contributed by atoms with E-state index in [2.05, 4.69) is 21.6 Å². The minimum atomic E-state index is -0.907. The smallest absolute Gasteiger partial charge is 0.326 e. The van der Waals surface area contributed by atoms with E-state index in [1.165, 1.54) is 0 Å². The van der Waals surface area contributed by atoms with E-state index in [4.69, 9.17) is 0 Å². The van der Waals surface area contributed by atoms with Gasteiger partial charge in [-0.05, 0) is 37.2 Å². The van der Waals surface area contributed by atoms with Crippen LogP contribution < -0.4 is 5.32 Å². The molecule has 1 aromatic rings. The van der Waals surface area contributed by atoms with Crippen LogP contribution >= 0.6 is 0 Å². The second-order valence-electron chi connectivity index (χ2n) is 4.97. The molecule has 1 heterocycles. The van der Waals surface area contributed by atoms with E-state index in [9.17, 15) is 15.2 Å². The number of nitrogens with one attached hydrogen (secondary N) is 1. The van der Waals surface area contributed by atoms with E-state index in [-0.39, 0.29) is 5.92 Å². The van der Waals surface area contributed by atoms with Crippen LogP contribution in [-0.2, 0) is 17.6 Å². The van der Waals surface area contributed by atoms with E-state index in [1.807, 2.05) is 13.8 Å². The summed E-state index contributed by atoms with van der Waals surface area (Å²) in [5.74, 6) is -0.492. The number of nitriles is 1. The molecule has 1 aliphatic rings. The number of aromatic nitrogens is 2. The third kappa shape index (κ3) is 2.72. The van der Waals surface area contributed by atoms with Gasteiger partial charge in [0.1, 0.15) is 17.7 Å². The minimum Gasteiger partial charge on any atom is -0.480 e.